The molecule has 96 valence electrons. The minimum Gasteiger partial charge on any atom is -0.319 e. The summed E-state index contributed by atoms with van der Waals surface area (Å²) in [5, 5.41) is 10.1. The Morgan fingerprint density at radius 1 is 1.26 bits per heavy atom. The van der Waals surface area contributed by atoms with E-state index in [0.29, 0.717) is 0 Å². The van der Waals surface area contributed by atoms with Crippen LogP contribution in [0.4, 0.5) is 0 Å². The van der Waals surface area contributed by atoms with Gasteiger partial charge < -0.3 is 5.73 Å². The van der Waals surface area contributed by atoms with Crippen LogP contribution in [0.2, 0.25) is 0 Å². The molecule has 2 aromatic heterocycles. The van der Waals surface area contributed by atoms with Crippen molar-refractivity contribution in [2.24, 2.45) is 5.73 Å². The molecule has 0 saturated carbocycles. The van der Waals surface area contributed by atoms with E-state index in [1.165, 1.54) is 0 Å². The van der Waals surface area contributed by atoms with Gasteiger partial charge in [0.2, 0.25) is 0 Å². The number of nitrogens with zero attached hydrogens (tertiary/aromatic N) is 3. The lowest BCUT2D eigenvalue weighted by atomic mass is 10.1. The molecule has 3 rings (SSSR count). The summed E-state index contributed by atoms with van der Waals surface area (Å²) >= 11 is 5.07. The molecule has 0 aliphatic heterocycles. The molecule has 0 radical (unpaired) electrons. The van der Waals surface area contributed by atoms with Gasteiger partial charge in [-0.05, 0) is 45.1 Å². The van der Waals surface area contributed by atoms with E-state index < -0.39 is 0 Å². The van der Waals surface area contributed by atoms with Gasteiger partial charge in [-0.1, -0.05) is 23.4 Å². The maximum absolute atomic E-state index is 6.30. The smallest absolute Gasteiger partial charge is 0.0858 e. The zero-order valence-corrected chi connectivity index (χ0v) is 12.3. The van der Waals surface area contributed by atoms with Gasteiger partial charge in [0.05, 0.1) is 27.4 Å². The van der Waals surface area contributed by atoms with Gasteiger partial charge in [0.15, 0.2) is 0 Å². The number of thiophene rings is 1. The lowest BCUT2D eigenvalue weighted by Crippen LogP contribution is -2.16. The van der Waals surface area contributed by atoms with Gasteiger partial charge in [0.25, 0.3) is 0 Å². The summed E-state index contributed by atoms with van der Waals surface area (Å²) in [6.07, 6.45) is 1.71. The maximum Gasteiger partial charge on any atom is 0.0858 e. The van der Waals surface area contributed by atoms with E-state index in [1.807, 2.05) is 41.8 Å². The highest BCUT2D eigenvalue weighted by atomic mass is 79.9. The Hall–Kier alpha value is -1.50. The third-order valence-corrected chi connectivity index (χ3v) is 4.36. The number of hydrogen-bond acceptors (Lipinski definition) is 4. The Morgan fingerprint density at radius 3 is 2.74 bits per heavy atom. The van der Waals surface area contributed by atoms with Crippen LogP contribution in [0.1, 0.15) is 17.3 Å². The van der Waals surface area contributed by atoms with Crippen LogP contribution in [0, 0.1) is 0 Å². The lowest BCUT2D eigenvalue weighted by Gasteiger charge is -2.11. The molecule has 2 heterocycles. The Labute approximate surface area is 123 Å². The third kappa shape index (κ3) is 2.47. The first-order valence-corrected chi connectivity index (χ1v) is 7.38. The second-order valence-corrected chi connectivity index (χ2v) is 6.36. The maximum atomic E-state index is 6.30. The second kappa shape index (κ2) is 5.24. The lowest BCUT2D eigenvalue weighted by molar-refractivity contribution is 0.721. The van der Waals surface area contributed by atoms with E-state index >= 15 is 0 Å². The molecular weight excluding hydrogens is 324 g/mol. The minimum atomic E-state index is -0.238. The number of rotatable bonds is 3. The van der Waals surface area contributed by atoms with Crippen molar-refractivity contribution in [1.29, 1.82) is 0 Å². The molecule has 0 fully saturated rings. The molecular formula is C13H11BrN4S. The quantitative estimate of drug-likeness (QED) is 0.800. The van der Waals surface area contributed by atoms with Gasteiger partial charge in [-0.2, -0.15) is 0 Å². The van der Waals surface area contributed by atoms with Crippen molar-refractivity contribution >= 4 is 27.3 Å². The Bertz CT molecular complexity index is 677. The predicted octanol–water partition coefficient (Wildman–Crippen LogP) is 3.14. The van der Waals surface area contributed by atoms with Gasteiger partial charge in [-0.15, -0.1) is 16.4 Å². The van der Waals surface area contributed by atoms with E-state index in [1.54, 1.807) is 22.2 Å². The molecule has 3 aromatic rings. The molecule has 1 atom stereocenters. The van der Waals surface area contributed by atoms with Crippen molar-refractivity contribution < 1.29 is 0 Å². The first-order valence-electron chi connectivity index (χ1n) is 5.71. The minimum absolute atomic E-state index is 0.238. The van der Waals surface area contributed by atoms with Crippen LogP contribution >= 0.6 is 27.3 Å². The van der Waals surface area contributed by atoms with Crippen LogP contribution in [0.15, 0.2) is 51.8 Å². The molecule has 19 heavy (non-hydrogen) atoms. The van der Waals surface area contributed by atoms with Crippen LogP contribution in [-0.2, 0) is 0 Å². The van der Waals surface area contributed by atoms with Gasteiger partial charge >= 0.3 is 0 Å². The number of aromatic nitrogens is 3. The first-order chi connectivity index (χ1) is 9.25. The zero-order valence-electron chi connectivity index (χ0n) is 9.90. The number of benzene rings is 1. The molecule has 4 nitrogen and oxygen atoms in total. The fraction of sp³-hybridized carbons (Fsp3) is 0.0769. The summed E-state index contributed by atoms with van der Waals surface area (Å²) in [6.45, 7) is 0. The summed E-state index contributed by atoms with van der Waals surface area (Å²) in [7, 11) is 0. The number of para-hydroxylation sites is 1. The van der Waals surface area contributed by atoms with E-state index in [4.69, 9.17) is 5.73 Å². The molecule has 0 spiro atoms. The Morgan fingerprint density at radius 2 is 2.05 bits per heavy atom. The fourth-order valence-corrected chi connectivity index (χ4v) is 3.09. The van der Waals surface area contributed by atoms with Crippen LogP contribution in [0.25, 0.3) is 5.69 Å². The van der Waals surface area contributed by atoms with Crippen molar-refractivity contribution in [1.82, 2.24) is 15.0 Å². The molecule has 0 aliphatic carbocycles. The number of nitrogens with two attached hydrogens (primary N) is 1. The average Bonchev–Trinajstić information content (AvgIpc) is 3.07. The third-order valence-electron chi connectivity index (χ3n) is 2.84. The standard InChI is InChI=1S/C13H11BrN4S/c14-12-6-9(8-19-12)13(15)11-7-16-17-18(11)10-4-2-1-3-5-10/h1-8,13H,15H2. The van der Waals surface area contributed by atoms with E-state index in [-0.39, 0.29) is 6.04 Å². The van der Waals surface area contributed by atoms with Crippen molar-refractivity contribution in [2.45, 2.75) is 6.04 Å². The monoisotopic (exact) mass is 334 g/mol. The van der Waals surface area contributed by atoms with Gasteiger partial charge in [-0.25, -0.2) is 4.68 Å². The first kappa shape index (κ1) is 12.5. The van der Waals surface area contributed by atoms with E-state index in [0.717, 1.165) is 20.7 Å². The van der Waals surface area contributed by atoms with Crippen molar-refractivity contribution in [2.75, 3.05) is 0 Å². The average molecular weight is 335 g/mol. The topological polar surface area (TPSA) is 56.7 Å². The fourth-order valence-electron chi connectivity index (χ4n) is 1.88. The highest BCUT2D eigenvalue weighted by Crippen LogP contribution is 2.28. The van der Waals surface area contributed by atoms with Crippen LogP contribution in [-0.4, -0.2) is 15.0 Å². The second-order valence-electron chi connectivity index (χ2n) is 4.07. The van der Waals surface area contributed by atoms with Crippen LogP contribution in [0.3, 0.4) is 0 Å². The highest BCUT2D eigenvalue weighted by molar-refractivity contribution is 9.11. The van der Waals surface area contributed by atoms with Crippen molar-refractivity contribution in [3.63, 3.8) is 0 Å². The van der Waals surface area contributed by atoms with E-state index in [2.05, 4.69) is 26.2 Å². The number of halogens is 1. The summed E-state index contributed by atoms with van der Waals surface area (Å²) in [5.74, 6) is 0. The Balaban J connectivity index is 2.01. The highest BCUT2D eigenvalue weighted by Gasteiger charge is 2.17. The molecule has 0 aliphatic rings. The van der Waals surface area contributed by atoms with Crippen LogP contribution < -0.4 is 5.73 Å². The molecule has 0 bridgehead atoms. The normalized spacial score (nSPS) is 12.5. The van der Waals surface area contributed by atoms with E-state index in [9.17, 15) is 0 Å². The van der Waals surface area contributed by atoms with Crippen molar-refractivity contribution in [3.8, 4) is 5.69 Å². The van der Waals surface area contributed by atoms with Gasteiger partial charge in [0, 0.05) is 0 Å². The SMILES string of the molecule is NC(c1csc(Br)c1)c1cnnn1-c1ccccc1. The van der Waals surface area contributed by atoms with Gasteiger partial charge in [0.1, 0.15) is 0 Å². The molecule has 1 aromatic carbocycles. The molecule has 2 N–H and O–H groups in total. The van der Waals surface area contributed by atoms with Gasteiger partial charge in [-0.3, -0.25) is 0 Å². The zero-order chi connectivity index (χ0) is 13.2. The molecule has 0 amide bonds. The van der Waals surface area contributed by atoms with Crippen molar-refractivity contribution in [3.05, 3.63) is 63.0 Å². The molecule has 1 unspecified atom stereocenters. The Kier molecular flexibility index (Phi) is 3.46. The largest absolute Gasteiger partial charge is 0.319 e. The number of hydrogen-bond donors (Lipinski definition) is 1. The summed E-state index contributed by atoms with van der Waals surface area (Å²) in [4.78, 5) is 0. The summed E-state index contributed by atoms with van der Waals surface area (Å²) in [6, 6.07) is 11.6. The molecule has 6 heteroatoms. The predicted molar refractivity (Wildman–Crippen MR) is 79.4 cm³/mol. The summed E-state index contributed by atoms with van der Waals surface area (Å²) < 4.78 is 2.84. The molecule has 0 saturated heterocycles. The summed E-state index contributed by atoms with van der Waals surface area (Å²) in [5.41, 5.74) is 9.18. The van der Waals surface area contributed by atoms with Crippen LogP contribution in [0.5, 0.6) is 0 Å².